The van der Waals surface area contributed by atoms with Crippen LogP contribution in [0.2, 0.25) is 0 Å². The number of piperidine rings is 1. The molecule has 2 atom stereocenters. The monoisotopic (exact) mass is 365 g/mol. The van der Waals surface area contributed by atoms with E-state index >= 15 is 0 Å². The summed E-state index contributed by atoms with van der Waals surface area (Å²) in [6.07, 6.45) is 7.66. The standard InChI is InChI=1S/C23H31N3O/c1-2-19-20-8-3-4-9-21(20)24-22(19)23(27)26-14-17-10-11-18(15-26)25(13-17)12-16-6-5-7-16/h3-4,8-9,16-18,24H,2,5-7,10-15H2,1H3/t17-,18-/m1/s1. The third-order valence-corrected chi connectivity index (χ3v) is 7.21. The Morgan fingerprint density at radius 3 is 2.74 bits per heavy atom. The Balaban J connectivity index is 1.39. The van der Waals surface area contributed by atoms with E-state index in [-0.39, 0.29) is 5.91 Å². The Kier molecular flexibility index (Phi) is 4.47. The number of hydrogen-bond acceptors (Lipinski definition) is 2. The number of nitrogens with one attached hydrogen (secondary N) is 1. The van der Waals surface area contributed by atoms with Gasteiger partial charge in [0.15, 0.2) is 0 Å². The van der Waals surface area contributed by atoms with Gasteiger partial charge in [0, 0.05) is 43.1 Å². The number of para-hydroxylation sites is 1. The maximum atomic E-state index is 13.5. The van der Waals surface area contributed by atoms with Gasteiger partial charge in [0.2, 0.25) is 0 Å². The van der Waals surface area contributed by atoms with Crippen LogP contribution in [0.3, 0.4) is 0 Å². The lowest BCUT2D eigenvalue weighted by Crippen LogP contribution is -2.47. The van der Waals surface area contributed by atoms with Crippen molar-refractivity contribution >= 4 is 16.8 Å². The summed E-state index contributed by atoms with van der Waals surface area (Å²) in [6.45, 7) is 6.43. The van der Waals surface area contributed by atoms with E-state index in [1.807, 2.05) is 6.07 Å². The van der Waals surface area contributed by atoms with Gasteiger partial charge in [0.25, 0.3) is 5.91 Å². The number of hydrogen-bond donors (Lipinski definition) is 1. The molecule has 4 nitrogen and oxygen atoms in total. The third-order valence-electron chi connectivity index (χ3n) is 7.21. The smallest absolute Gasteiger partial charge is 0.270 e. The van der Waals surface area contributed by atoms with Crippen LogP contribution in [0.5, 0.6) is 0 Å². The number of aromatic amines is 1. The number of H-pyrrole nitrogens is 1. The average Bonchev–Trinajstić information content (AvgIpc) is 2.78. The topological polar surface area (TPSA) is 39.3 Å². The summed E-state index contributed by atoms with van der Waals surface area (Å²) in [6, 6.07) is 8.87. The van der Waals surface area contributed by atoms with Crippen molar-refractivity contribution in [2.45, 2.75) is 51.5 Å². The molecule has 0 radical (unpaired) electrons. The molecule has 0 unspecified atom stereocenters. The van der Waals surface area contributed by atoms with Gasteiger partial charge in [-0.3, -0.25) is 9.69 Å². The molecule has 3 aliphatic heterocycles. The SMILES string of the molecule is CCc1c(C(=O)N2C[C@@H]3CC[C@H](C2)N(CC2CCC2)C3)[nH]c2ccccc12. The summed E-state index contributed by atoms with van der Waals surface area (Å²) in [7, 11) is 0. The van der Waals surface area contributed by atoms with Crippen LogP contribution < -0.4 is 0 Å². The van der Waals surface area contributed by atoms with Gasteiger partial charge in [0.1, 0.15) is 5.69 Å². The van der Waals surface area contributed by atoms with Crippen molar-refractivity contribution in [3.8, 4) is 0 Å². The van der Waals surface area contributed by atoms with Crippen molar-refractivity contribution in [2.24, 2.45) is 11.8 Å². The summed E-state index contributed by atoms with van der Waals surface area (Å²) in [5.41, 5.74) is 3.09. The highest BCUT2D eigenvalue weighted by Crippen LogP contribution is 2.34. The van der Waals surface area contributed by atoms with Crippen molar-refractivity contribution in [3.05, 3.63) is 35.5 Å². The van der Waals surface area contributed by atoms with Crippen LogP contribution in [-0.2, 0) is 6.42 Å². The van der Waals surface area contributed by atoms with Crippen molar-refractivity contribution in [3.63, 3.8) is 0 Å². The minimum Gasteiger partial charge on any atom is -0.350 e. The molecule has 27 heavy (non-hydrogen) atoms. The highest BCUT2D eigenvalue weighted by molar-refractivity contribution is 6.01. The number of carbonyl (C=O) groups is 1. The number of benzene rings is 1. The van der Waals surface area contributed by atoms with Gasteiger partial charge in [-0.2, -0.15) is 0 Å². The van der Waals surface area contributed by atoms with Gasteiger partial charge >= 0.3 is 0 Å². The highest BCUT2D eigenvalue weighted by Gasteiger charge is 2.38. The molecule has 1 aromatic carbocycles. The summed E-state index contributed by atoms with van der Waals surface area (Å²) < 4.78 is 0. The molecule has 3 saturated heterocycles. The number of rotatable bonds is 4. The first-order valence-corrected chi connectivity index (χ1v) is 10.9. The minimum atomic E-state index is 0.213. The lowest BCUT2D eigenvalue weighted by atomic mass is 9.83. The molecule has 4 fully saturated rings. The third kappa shape index (κ3) is 3.08. The van der Waals surface area contributed by atoms with E-state index in [1.54, 1.807) is 0 Å². The number of carbonyl (C=O) groups excluding carboxylic acids is 1. The van der Waals surface area contributed by atoms with E-state index in [9.17, 15) is 4.79 Å². The maximum Gasteiger partial charge on any atom is 0.270 e. The van der Waals surface area contributed by atoms with Gasteiger partial charge in [-0.15, -0.1) is 0 Å². The lowest BCUT2D eigenvalue weighted by Gasteiger charge is -2.40. The fourth-order valence-corrected chi connectivity index (χ4v) is 5.48. The molecule has 1 aromatic heterocycles. The molecule has 1 aliphatic carbocycles. The van der Waals surface area contributed by atoms with Crippen molar-refractivity contribution in [2.75, 3.05) is 26.2 Å². The maximum absolute atomic E-state index is 13.5. The van der Waals surface area contributed by atoms with Crippen LogP contribution in [0, 0.1) is 11.8 Å². The van der Waals surface area contributed by atoms with E-state index in [1.165, 1.54) is 56.1 Å². The summed E-state index contributed by atoms with van der Waals surface area (Å²) in [4.78, 5) is 21.8. The second kappa shape index (κ2) is 6.97. The largest absolute Gasteiger partial charge is 0.350 e. The Labute approximate surface area is 161 Å². The molecule has 1 saturated carbocycles. The normalized spacial score (nSPS) is 26.3. The number of nitrogens with zero attached hydrogens (tertiary/aromatic N) is 2. The molecule has 144 valence electrons. The van der Waals surface area contributed by atoms with Crippen LogP contribution in [-0.4, -0.2) is 52.9 Å². The molecule has 6 rings (SSSR count). The molecule has 1 amide bonds. The average molecular weight is 366 g/mol. The van der Waals surface area contributed by atoms with Crippen LogP contribution in [0.15, 0.2) is 24.3 Å². The molecule has 0 spiro atoms. The number of aryl methyl sites for hydroxylation is 1. The highest BCUT2D eigenvalue weighted by atomic mass is 16.2. The predicted molar refractivity (Wildman–Crippen MR) is 109 cm³/mol. The first-order valence-electron chi connectivity index (χ1n) is 10.9. The number of fused-ring (bicyclic) bond motifs is 5. The molecule has 4 aliphatic rings. The predicted octanol–water partition coefficient (Wildman–Crippen LogP) is 4.07. The van der Waals surface area contributed by atoms with Crippen LogP contribution in [0.25, 0.3) is 10.9 Å². The second-order valence-corrected chi connectivity index (χ2v) is 8.94. The molecule has 1 N–H and O–H groups in total. The van der Waals surface area contributed by atoms with Crippen molar-refractivity contribution < 1.29 is 4.79 Å². The van der Waals surface area contributed by atoms with E-state index in [0.717, 1.165) is 36.6 Å². The van der Waals surface area contributed by atoms with Crippen molar-refractivity contribution in [1.29, 1.82) is 0 Å². The van der Waals surface area contributed by atoms with Gasteiger partial charge in [0.05, 0.1) is 0 Å². The molecule has 2 aromatic rings. The van der Waals surface area contributed by atoms with Gasteiger partial charge in [-0.05, 0) is 55.6 Å². The molecule has 4 heterocycles. The Hall–Kier alpha value is -1.81. The zero-order valence-corrected chi connectivity index (χ0v) is 16.4. The Morgan fingerprint density at radius 1 is 1.11 bits per heavy atom. The van der Waals surface area contributed by atoms with Crippen LogP contribution in [0.4, 0.5) is 0 Å². The summed E-state index contributed by atoms with van der Waals surface area (Å²) >= 11 is 0. The lowest BCUT2D eigenvalue weighted by molar-refractivity contribution is 0.0712. The summed E-state index contributed by atoms with van der Waals surface area (Å²) in [5, 5.41) is 1.20. The zero-order chi connectivity index (χ0) is 18.4. The number of amides is 1. The van der Waals surface area contributed by atoms with Gasteiger partial charge in [-0.1, -0.05) is 31.5 Å². The fraction of sp³-hybridized carbons (Fsp3) is 0.609. The Morgan fingerprint density at radius 2 is 1.96 bits per heavy atom. The van der Waals surface area contributed by atoms with E-state index in [4.69, 9.17) is 0 Å². The summed E-state index contributed by atoms with van der Waals surface area (Å²) in [5.74, 6) is 1.77. The van der Waals surface area contributed by atoms with Crippen molar-refractivity contribution in [1.82, 2.24) is 14.8 Å². The first kappa shape index (κ1) is 17.3. The van der Waals surface area contributed by atoms with E-state index in [0.29, 0.717) is 12.0 Å². The minimum absolute atomic E-state index is 0.213. The molecule has 4 heteroatoms. The molecule has 2 bridgehead atoms. The second-order valence-electron chi connectivity index (χ2n) is 8.94. The van der Waals surface area contributed by atoms with Crippen LogP contribution >= 0.6 is 0 Å². The number of aromatic nitrogens is 1. The Bertz CT molecular complexity index is 837. The van der Waals surface area contributed by atoms with Gasteiger partial charge < -0.3 is 9.88 Å². The zero-order valence-electron chi connectivity index (χ0n) is 16.4. The quantitative estimate of drug-likeness (QED) is 0.887. The van der Waals surface area contributed by atoms with E-state index in [2.05, 4.69) is 39.9 Å². The van der Waals surface area contributed by atoms with Gasteiger partial charge in [-0.25, -0.2) is 0 Å². The fourth-order valence-electron chi connectivity index (χ4n) is 5.48. The molecular formula is C23H31N3O. The van der Waals surface area contributed by atoms with Crippen LogP contribution in [0.1, 0.15) is 55.1 Å². The van der Waals surface area contributed by atoms with E-state index < -0.39 is 0 Å². The molecular weight excluding hydrogens is 334 g/mol. The first-order chi connectivity index (χ1) is 13.2.